The number of ether oxygens (including phenoxy) is 1. The van der Waals surface area contributed by atoms with E-state index in [0.29, 0.717) is 45.5 Å². The molecule has 4 rings (SSSR count). The van der Waals surface area contributed by atoms with Crippen molar-refractivity contribution in [3.05, 3.63) is 58.3 Å². The topological polar surface area (TPSA) is 120 Å². The molecule has 11 heteroatoms. The first-order valence-corrected chi connectivity index (χ1v) is 10.5. The largest absolute Gasteiger partial charge is 0.506 e. The number of methoxy groups -OCH3 is 1. The van der Waals surface area contributed by atoms with Crippen LogP contribution in [-0.4, -0.2) is 50.4 Å². The van der Waals surface area contributed by atoms with Crippen LogP contribution in [0.5, 0.6) is 11.5 Å². The molecule has 1 amide bonds. The highest BCUT2D eigenvalue weighted by molar-refractivity contribution is 5.96. The smallest absolute Gasteiger partial charge is 0.377 e. The highest BCUT2D eigenvalue weighted by Crippen LogP contribution is 2.35. The minimum absolute atomic E-state index is 0.277. The number of carbonyl (C=O) groups is 2. The summed E-state index contributed by atoms with van der Waals surface area (Å²) in [6, 6.07) is 7.04. The number of aromatic nitrogens is 4. The van der Waals surface area contributed by atoms with Crippen molar-refractivity contribution in [3.8, 4) is 17.2 Å². The van der Waals surface area contributed by atoms with Crippen LogP contribution >= 0.6 is 0 Å². The maximum Gasteiger partial charge on any atom is 0.377 e. The highest BCUT2D eigenvalue weighted by atomic mass is 19.1. The van der Waals surface area contributed by atoms with Crippen LogP contribution in [0.3, 0.4) is 0 Å². The van der Waals surface area contributed by atoms with Gasteiger partial charge in [-0.1, -0.05) is 25.3 Å². The molecule has 1 fully saturated rings. The molecule has 0 bridgehead atoms. The summed E-state index contributed by atoms with van der Waals surface area (Å²) in [6.07, 6.45) is 4.79. The Morgan fingerprint density at radius 3 is 2.64 bits per heavy atom. The number of para-hydroxylation sites is 1. The van der Waals surface area contributed by atoms with E-state index in [-0.39, 0.29) is 6.04 Å². The number of rotatable bonds is 5. The van der Waals surface area contributed by atoms with E-state index in [9.17, 15) is 23.9 Å². The Bertz CT molecular complexity index is 1230. The number of amides is 1. The predicted molar refractivity (Wildman–Crippen MR) is 116 cm³/mol. The number of nitrogens with zero attached hydrogens (tertiary/aromatic N) is 5. The van der Waals surface area contributed by atoms with Crippen molar-refractivity contribution in [1.29, 1.82) is 0 Å². The van der Waals surface area contributed by atoms with Gasteiger partial charge in [-0.2, -0.15) is 4.68 Å². The van der Waals surface area contributed by atoms with E-state index in [1.165, 1.54) is 30.2 Å². The number of tetrazole rings is 1. The van der Waals surface area contributed by atoms with Crippen LogP contribution in [0, 0.1) is 5.82 Å². The zero-order valence-electron chi connectivity index (χ0n) is 17.8. The van der Waals surface area contributed by atoms with Crippen molar-refractivity contribution in [2.45, 2.75) is 38.1 Å². The van der Waals surface area contributed by atoms with Gasteiger partial charge >= 0.3 is 11.7 Å². The average Bonchev–Trinajstić information content (AvgIpc) is 3.20. The molecule has 1 aliphatic carbocycles. The molecule has 1 aliphatic rings. The van der Waals surface area contributed by atoms with Crippen LogP contribution in [0.15, 0.2) is 41.2 Å². The Balaban J connectivity index is 1.83. The molecular weight excluding hydrogens is 433 g/mol. The summed E-state index contributed by atoms with van der Waals surface area (Å²) >= 11 is 0. The molecule has 33 heavy (non-hydrogen) atoms. The molecule has 2 aromatic carbocycles. The molecule has 1 saturated carbocycles. The van der Waals surface area contributed by atoms with Gasteiger partial charge in [-0.15, -0.1) is 4.68 Å². The fraction of sp³-hybridized carbons (Fsp3) is 0.318. The third-order valence-corrected chi connectivity index (χ3v) is 5.68. The van der Waals surface area contributed by atoms with Gasteiger partial charge in [0.05, 0.1) is 12.8 Å². The maximum atomic E-state index is 14.3. The number of benzene rings is 2. The second-order valence-corrected chi connectivity index (χ2v) is 7.69. The third-order valence-electron chi connectivity index (χ3n) is 5.68. The summed E-state index contributed by atoms with van der Waals surface area (Å²) in [6.45, 7) is 0. The van der Waals surface area contributed by atoms with E-state index < -0.39 is 29.0 Å². The summed E-state index contributed by atoms with van der Waals surface area (Å²) in [5.74, 6) is -1.09. The van der Waals surface area contributed by atoms with Gasteiger partial charge in [0.25, 0.3) is 0 Å². The van der Waals surface area contributed by atoms with Crippen LogP contribution in [0.25, 0.3) is 5.69 Å². The van der Waals surface area contributed by atoms with E-state index in [1.807, 2.05) is 0 Å². The zero-order valence-corrected chi connectivity index (χ0v) is 17.8. The van der Waals surface area contributed by atoms with Gasteiger partial charge < -0.3 is 9.84 Å². The van der Waals surface area contributed by atoms with Gasteiger partial charge in [-0.3, -0.25) is 9.69 Å². The number of hydrogen-bond donors (Lipinski definition) is 1. The van der Waals surface area contributed by atoms with Crippen molar-refractivity contribution < 1.29 is 23.8 Å². The van der Waals surface area contributed by atoms with Crippen molar-refractivity contribution in [3.63, 3.8) is 0 Å². The second-order valence-electron chi connectivity index (χ2n) is 7.69. The van der Waals surface area contributed by atoms with Crippen LogP contribution in [0.2, 0.25) is 0 Å². The van der Waals surface area contributed by atoms with Crippen LogP contribution in [0.1, 0.15) is 42.5 Å². The average molecular weight is 455 g/mol. The second kappa shape index (κ2) is 9.23. The molecule has 1 N–H and O–H groups in total. The third kappa shape index (κ3) is 4.09. The summed E-state index contributed by atoms with van der Waals surface area (Å²) in [5, 5.41) is 17.3. The Morgan fingerprint density at radius 2 is 1.97 bits per heavy atom. The van der Waals surface area contributed by atoms with Gasteiger partial charge in [0.1, 0.15) is 23.5 Å². The van der Waals surface area contributed by atoms with Crippen molar-refractivity contribution in [2.24, 2.45) is 0 Å². The SMILES string of the molecule is COc1ccc(C=O)cc1N(C(=O)n1nnn(-c2c(O)cccc2F)c1=O)C1CCCCC1. The minimum atomic E-state index is -1.05. The molecule has 0 spiro atoms. The van der Waals surface area contributed by atoms with Crippen molar-refractivity contribution in [2.75, 3.05) is 12.0 Å². The standard InChI is InChI=1S/C22H22FN5O5/c1-33-19-11-10-14(13-29)12-17(19)26(15-6-3-2-4-7-15)21(31)28-22(32)27(24-25-28)20-16(23)8-5-9-18(20)30/h5,8-13,15,30H,2-4,6-7H2,1H3. The Kier molecular flexibility index (Phi) is 6.20. The first kappa shape index (κ1) is 22.2. The molecular formula is C22H22FN5O5. The molecule has 0 radical (unpaired) electrons. The molecule has 10 nitrogen and oxygen atoms in total. The monoisotopic (exact) mass is 455 g/mol. The minimum Gasteiger partial charge on any atom is -0.506 e. The lowest BCUT2D eigenvalue weighted by atomic mass is 9.93. The van der Waals surface area contributed by atoms with E-state index in [0.717, 1.165) is 25.3 Å². The van der Waals surface area contributed by atoms with Gasteiger partial charge in [0, 0.05) is 11.6 Å². The number of aldehydes is 1. The fourth-order valence-electron chi connectivity index (χ4n) is 4.09. The summed E-state index contributed by atoms with van der Waals surface area (Å²) in [7, 11) is 1.44. The number of phenols is 1. The molecule has 0 atom stereocenters. The van der Waals surface area contributed by atoms with Crippen molar-refractivity contribution >= 4 is 18.0 Å². The lowest BCUT2D eigenvalue weighted by Gasteiger charge is -2.34. The summed E-state index contributed by atoms with van der Waals surface area (Å²) < 4.78 is 20.7. The van der Waals surface area contributed by atoms with Crippen LogP contribution < -0.4 is 15.3 Å². The molecule has 0 saturated heterocycles. The molecule has 1 heterocycles. The van der Waals surface area contributed by atoms with Gasteiger partial charge in [-0.25, -0.2) is 14.0 Å². The first-order valence-electron chi connectivity index (χ1n) is 10.5. The fourth-order valence-corrected chi connectivity index (χ4v) is 4.09. The molecule has 0 aliphatic heterocycles. The van der Waals surface area contributed by atoms with E-state index >= 15 is 0 Å². The number of carbonyl (C=O) groups excluding carboxylic acids is 2. The van der Waals surface area contributed by atoms with Crippen LogP contribution in [-0.2, 0) is 0 Å². The Morgan fingerprint density at radius 1 is 1.21 bits per heavy atom. The van der Waals surface area contributed by atoms with Gasteiger partial charge in [0.2, 0.25) is 0 Å². The first-order chi connectivity index (χ1) is 16.0. The highest BCUT2D eigenvalue weighted by Gasteiger charge is 2.33. The summed E-state index contributed by atoms with van der Waals surface area (Å²) in [4.78, 5) is 39.4. The summed E-state index contributed by atoms with van der Waals surface area (Å²) in [5.41, 5.74) is -0.918. The molecule has 172 valence electrons. The van der Waals surface area contributed by atoms with Crippen molar-refractivity contribution in [1.82, 2.24) is 19.8 Å². The Labute approximate surface area is 187 Å². The quantitative estimate of drug-likeness (QED) is 0.464. The molecule has 1 aromatic heterocycles. The predicted octanol–water partition coefficient (Wildman–Crippen LogP) is 2.90. The maximum absolute atomic E-state index is 14.3. The number of hydrogen-bond acceptors (Lipinski definition) is 7. The number of anilines is 1. The number of halogens is 1. The van der Waals surface area contributed by atoms with Gasteiger partial charge in [-0.05, 0) is 53.6 Å². The van der Waals surface area contributed by atoms with E-state index in [2.05, 4.69) is 10.4 Å². The molecule has 0 unspecified atom stereocenters. The normalized spacial score (nSPS) is 14.1. The molecule has 3 aromatic rings. The number of aromatic hydroxyl groups is 1. The number of phenolic OH excluding ortho intramolecular Hbond substituents is 1. The Hall–Kier alpha value is -4.02. The zero-order chi connectivity index (χ0) is 23.5. The van der Waals surface area contributed by atoms with E-state index in [4.69, 9.17) is 4.74 Å². The van der Waals surface area contributed by atoms with E-state index in [1.54, 1.807) is 12.1 Å². The lowest BCUT2D eigenvalue weighted by Crippen LogP contribution is -2.47. The van der Waals surface area contributed by atoms with Gasteiger partial charge in [0.15, 0.2) is 5.82 Å². The van der Waals surface area contributed by atoms with Crippen LogP contribution in [0.4, 0.5) is 14.9 Å². The lowest BCUT2D eigenvalue weighted by molar-refractivity contribution is 0.112.